The smallest absolute Gasteiger partial charge is 0.265 e. The number of sulfonamides is 1. The van der Waals surface area contributed by atoms with Crippen LogP contribution in [-0.2, 0) is 14.8 Å². The molecule has 0 bridgehead atoms. The van der Waals surface area contributed by atoms with Crippen LogP contribution in [0.15, 0.2) is 65.6 Å². The molecule has 1 aromatic heterocycles. The second-order valence-corrected chi connectivity index (χ2v) is 8.90. The Bertz CT molecular complexity index is 1340. The SMILES string of the molecule is C[C@H](NC(=O)CN1c2cccc3cccc(c23)S1(=O)=O)c1nc2ccccc2[nH]1. The average molecular weight is 406 g/mol. The number of imidazole rings is 1. The standard InChI is InChI=1S/C21H18N4O3S/c1-13(21-23-15-8-2-3-9-16(15)24-21)22-19(26)12-25-17-10-4-6-14-7-5-11-18(20(14)17)29(25,27)28/h2-11,13H,12H2,1H3,(H,22,26)(H,23,24)/t13-/m0/s1. The average Bonchev–Trinajstić information content (AvgIpc) is 3.23. The van der Waals surface area contributed by atoms with Crippen molar-refractivity contribution >= 4 is 43.4 Å². The molecule has 2 heterocycles. The van der Waals surface area contributed by atoms with Crippen LogP contribution in [0.2, 0.25) is 0 Å². The quantitative estimate of drug-likeness (QED) is 0.544. The van der Waals surface area contributed by atoms with E-state index in [0.717, 1.165) is 16.4 Å². The molecule has 1 atom stereocenters. The summed E-state index contributed by atoms with van der Waals surface area (Å²) in [5, 5.41) is 4.34. The van der Waals surface area contributed by atoms with Crippen LogP contribution in [-0.4, -0.2) is 30.8 Å². The van der Waals surface area contributed by atoms with E-state index in [-0.39, 0.29) is 11.4 Å². The first-order valence-electron chi connectivity index (χ1n) is 9.23. The molecule has 7 nitrogen and oxygen atoms in total. The van der Waals surface area contributed by atoms with Gasteiger partial charge in [0.1, 0.15) is 12.4 Å². The Balaban J connectivity index is 1.40. The minimum absolute atomic E-state index is 0.240. The predicted molar refractivity (Wildman–Crippen MR) is 111 cm³/mol. The number of carbonyl (C=O) groups excluding carboxylic acids is 1. The summed E-state index contributed by atoms with van der Waals surface area (Å²) in [7, 11) is -3.77. The molecular formula is C21H18N4O3S. The molecule has 0 fully saturated rings. The molecule has 0 radical (unpaired) electrons. The molecule has 1 amide bonds. The zero-order valence-corrected chi connectivity index (χ0v) is 16.4. The lowest BCUT2D eigenvalue weighted by molar-refractivity contribution is -0.120. The third-order valence-electron chi connectivity index (χ3n) is 5.16. The van der Waals surface area contributed by atoms with E-state index in [0.29, 0.717) is 16.9 Å². The van der Waals surface area contributed by atoms with E-state index >= 15 is 0 Å². The maximum absolute atomic E-state index is 13.0. The van der Waals surface area contributed by atoms with Gasteiger partial charge < -0.3 is 10.3 Å². The Morgan fingerprint density at radius 1 is 1.10 bits per heavy atom. The van der Waals surface area contributed by atoms with Gasteiger partial charge in [0.2, 0.25) is 5.91 Å². The summed E-state index contributed by atoms with van der Waals surface area (Å²) in [5.74, 6) is 0.223. The molecule has 4 aromatic rings. The van der Waals surface area contributed by atoms with Gasteiger partial charge in [0.25, 0.3) is 10.0 Å². The van der Waals surface area contributed by atoms with Gasteiger partial charge in [0, 0.05) is 5.39 Å². The predicted octanol–water partition coefficient (Wildman–Crippen LogP) is 3.10. The van der Waals surface area contributed by atoms with Gasteiger partial charge >= 0.3 is 0 Å². The molecule has 2 N–H and O–H groups in total. The molecular weight excluding hydrogens is 388 g/mol. The Labute approximate surface area is 167 Å². The van der Waals surface area contributed by atoms with Crippen molar-refractivity contribution in [3.63, 3.8) is 0 Å². The number of anilines is 1. The summed E-state index contributed by atoms with van der Waals surface area (Å²) in [6.45, 7) is 1.52. The van der Waals surface area contributed by atoms with Crippen LogP contribution in [0.3, 0.4) is 0 Å². The van der Waals surface area contributed by atoms with Crippen molar-refractivity contribution in [2.75, 3.05) is 10.8 Å². The van der Waals surface area contributed by atoms with Crippen molar-refractivity contribution in [1.82, 2.24) is 15.3 Å². The fourth-order valence-electron chi connectivity index (χ4n) is 3.79. The number of hydrogen-bond donors (Lipinski definition) is 2. The number of rotatable bonds is 4. The molecule has 3 aromatic carbocycles. The summed E-state index contributed by atoms with van der Waals surface area (Å²) in [4.78, 5) is 20.6. The van der Waals surface area contributed by atoms with Gasteiger partial charge in [-0.1, -0.05) is 36.4 Å². The van der Waals surface area contributed by atoms with E-state index < -0.39 is 22.0 Å². The van der Waals surface area contributed by atoms with Crippen LogP contribution >= 0.6 is 0 Å². The number of para-hydroxylation sites is 2. The zero-order chi connectivity index (χ0) is 20.2. The first-order valence-corrected chi connectivity index (χ1v) is 10.7. The number of hydrogen-bond acceptors (Lipinski definition) is 4. The fraction of sp³-hybridized carbons (Fsp3) is 0.143. The highest BCUT2D eigenvalue weighted by Crippen LogP contribution is 2.41. The van der Waals surface area contributed by atoms with Crippen molar-refractivity contribution in [2.24, 2.45) is 0 Å². The van der Waals surface area contributed by atoms with Gasteiger partial charge in [-0.3, -0.25) is 9.10 Å². The summed E-state index contributed by atoms with van der Waals surface area (Å²) < 4.78 is 27.2. The topological polar surface area (TPSA) is 95.2 Å². The highest BCUT2D eigenvalue weighted by Gasteiger charge is 2.36. The molecule has 0 saturated heterocycles. The number of amides is 1. The van der Waals surface area contributed by atoms with E-state index in [2.05, 4.69) is 15.3 Å². The number of H-pyrrole nitrogens is 1. The number of benzene rings is 3. The minimum atomic E-state index is -3.77. The van der Waals surface area contributed by atoms with Crippen LogP contribution in [0.1, 0.15) is 18.8 Å². The van der Waals surface area contributed by atoms with Gasteiger partial charge in [-0.25, -0.2) is 13.4 Å². The van der Waals surface area contributed by atoms with E-state index in [1.165, 1.54) is 4.31 Å². The maximum Gasteiger partial charge on any atom is 0.265 e. The van der Waals surface area contributed by atoms with Crippen molar-refractivity contribution < 1.29 is 13.2 Å². The minimum Gasteiger partial charge on any atom is -0.345 e. The van der Waals surface area contributed by atoms with Crippen molar-refractivity contribution in [1.29, 1.82) is 0 Å². The highest BCUT2D eigenvalue weighted by atomic mass is 32.2. The Hall–Kier alpha value is -3.39. The number of aromatic nitrogens is 2. The van der Waals surface area contributed by atoms with Gasteiger partial charge in [-0.15, -0.1) is 0 Å². The molecule has 1 aliphatic rings. The molecule has 8 heteroatoms. The number of nitrogens with one attached hydrogen (secondary N) is 2. The van der Waals surface area contributed by atoms with E-state index in [4.69, 9.17) is 0 Å². The van der Waals surface area contributed by atoms with Gasteiger partial charge in [0.15, 0.2) is 0 Å². The van der Waals surface area contributed by atoms with Crippen molar-refractivity contribution in [2.45, 2.75) is 17.9 Å². The monoisotopic (exact) mass is 406 g/mol. The largest absolute Gasteiger partial charge is 0.345 e. The lowest BCUT2D eigenvalue weighted by atomic mass is 10.1. The number of nitrogens with zero attached hydrogens (tertiary/aromatic N) is 2. The molecule has 0 spiro atoms. The van der Waals surface area contributed by atoms with Crippen LogP contribution < -0.4 is 9.62 Å². The lowest BCUT2D eigenvalue weighted by Crippen LogP contribution is -2.40. The second kappa shape index (κ2) is 6.31. The number of aromatic amines is 1. The lowest BCUT2D eigenvalue weighted by Gasteiger charge is -2.19. The third-order valence-corrected chi connectivity index (χ3v) is 6.97. The maximum atomic E-state index is 13.0. The molecule has 0 aliphatic carbocycles. The van der Waals surface area contributed by atoms with E-state index in [1.807, 2.05) is 43.3 Å². The molecule has 5 rings (SSSR count). The zero-order valence-electron chi connectivity index (χ0n) is 15.6. The van der Waals surface area contributed by atoms with Gasteiger partial charge in [-0.2, -0.15) is 0 Å². The molecule has 146 valence electrons. The van der Waals surface area contributed by atoms with Crippen molar-refractivity contribution in [3.8, 4) is 0 Å². The van der Waals surface area contributed by atoms with E-state index in [9.17, 15) is 13.2 Å². The summed E-state index contributed by atoms with van der Waals surface area (Å²) in [6, 6.07) is 17.8. The highest BCUT2D eigenvalue weighted by molar-refractivity contribution is 7.93. The molecule has 0 unspecified atom stereocenters. The number of carbonyl (C=O) groups is 1. The Morgan fingerprint density at radius 2 is 1.86 bits per heavy atom. The summed E-state index contributed by atoms with van der Waals surface area (Å²) in [6.07, 6.45) is 0. The molecule has 29 heavy (non-hydrogen) atoms. The van der Waals surface area contributed by atoms with Gasteiger partial charge in [-0.05, 0) is 36.6 Å². The first kappa shape index (κ1) is 17.7. The van der Waals surface area contributed by atoms with Crippen molar-refractivity contribution in [3.05, 3.63) is 66.5 Å². The Morgan fingerprint density at radius 3 is 2.66 bits per heavy atom. The second-order valence-electron chi connectivity index (χ2n) is 7.07. The van der Waals surface area contributed by atoms with E-state index in [1.54, 1.807) is 24.3 Å². The number of fused-ring (bicyclic) bond motifs is 1. The van der Waals surface area contributed by atoms with Crippen LogP contribution in [0.4, 0.5) is 5.69 Å². The summed E-state index contributed by atoms with van der Waals surface area (Å²) in [5.41, 5.74) is 2.23. The molecule has 0 saturated carbocycles. The van der Waals surface area contributed by atoms with Gasteiger partial charge in [0.05, 0.1) is 27.7 Å². The Kier molecular flexibility index (Phi) is 3.85. The third kappa shape index (κ3) is 2.75. The fourth-order valence-corrected chi connectivity index (χ4v) is 5.46. The van der Waals surface area contributed by atoms with Crippen LogP contribution in [0.25, 0.3) is 21.8 Å². The first-order chi connectivity index (χ1) is 13.9. The van der Waals surface area contributed by atoms with Crippen LogP contribution in [0.5, 0.6) is 0 Å². The molecule has 1 aliphatic heterocycles. The van der Waals surface area contributed by atoms with Crippen LogP contribution in [0, 0.1) is 0 Å². The normalized spacial score (nSPS) is 15.7. The summed E-state index contributed by atoms with van der Waals surface area (Å²) >= 11 is 0.